The Balaban J connectivity index is 1.73. The zero-order chi connectivity index (χ0) is 15.2. The Morgan fingerprint density at radius 2 is 2.48 bits per heavy atom. The number of hydrogen-bond donors (Lipinski definition) is 1. The van der Waals surface area contributed by atoms with Gasteiger partial charge in [-0.15, -0.1) is 11.3 Å². The molecule has 118 valence electrons. The topological polar surface area (TPSA) is 71.7 Å². The van der Waals surface area contributed by atoms with Gasteiger partial charge in [-0.3, -0.25) is 14.6 Å². The van der Waals surface area contributed by atoms with Crippen molar-refractivity contribution in [3.05, 3.63) is 16.1 Å². The largest absolute Gasteiger partial charge is 0.374 e. The highest BCUT2D eigenvalue weighted by atomic mass is 32.1. The number of carbonyl (C=O) groups excluding carboxylic acids is 1. The zero-order valence-electron chi connectivity index (χ0n) is 12.7. The number of nitrogens with two attached hydrogens (primary N) is 1. The van der Waals surface area contributed by atoms with Gasteiger partial charge in [-0.2, -0.15) is 0 Å². The molecule has 0 aliphatic carbocycles. The van der Waals surface area contributed by atoms with Crippen LogP contribution < -0.4 is 5.73 Å². The lowest BCUT2D eigenvalue weighted by molar-refractivity contribution is -0.119. The predicted octanol–water partition coefficient (Wildman–Crippen LogP) is 0.112. The average Bonchev–Trinajstić information content (AvgIpc) is 2.81. The minimum Gasteiger partial charge on any atom is -0.374 e. The molecule has 2 rings (SSSR count). The van der Waals surface area contributed by atoms with Crippen LogP contribution in [-0.2, 0) is 16.0 Å². The van der Waals surface area contributed by atoms with Gasteiger partial charge in [0.1, 0.15) is 0 Å². The minimum absolute atomic E-state index is 0.139. The molecule has 1 saturated heterocycles. The summed E-state index contributed by atoms with van der Waals surface area (Å²) in [6.45, 7) is 6.64. The fourth-order valence-corrected chi connectivity index (χ4v) is 3.22. The first kappa shape index (κ1) is 16.4. The molecule has 1 atom stereocenters. The molecular formula is C14H24N4O2S. The lowest BCUT2D eigenvalue weighted by Crippen LogP contribution is -2.48. The maximum atomic E-state index is 10.9. The molecule has 1 amide bonds. The molecule has 0 bridgehead atoms. The number of hydrogen-bond acceptors (Lipinski definition) is 6. The zero-order valence-corrected chi connectivity index (χ0v) is 13.6. The number of primary amides is 1. The maximum absolute atomic E-state index is 10.9. The van der Waals surface area contributed by atoms with Crippen molar-refractivity contribution in [1.82, 2.24) is 14.8 Å². The van der Waals surface area contributed by atoms with Crippen molar-refractivity contribution in [3.8, 4) is 0 Å². The molecule has 0 spiro atoms. The number of nitrogens with zero attached hydrogens (tertiary/aromatic N) is 3. The Labute approximate surface area is 129 Å². The number of rotatable bonds is 7. The Morgan fingerprint density at radius 3 is 3.14 bits per heavy atom. The quantitative estimate of drug-likeness (QED) is 0.774. The molecule has 2 N–H and O–H groups in total. The van der Waals surface area contributed by atoms with Crippen molar-refractivity contribution in [1.29, 1.82) is 0 Å². The number of ether oxygens (including phenoxy) is 1. The van der Waals surface area contributed by atoms with E-state index in [9.17, 15) is 4.79 Å². The highest BCUT2D eigenvalue weighted by Crippen LogP contribution is 2.11. The third-order valence-electron chi connectivity index (χ3n) is 3.51. The third kappa shape index (κ3) is 5.70. The summed E-state index contributed by atoms with van der Waals surface area (Å²) in [5, 5.41) is 3.26. The van der Waals surface area contributed by atoms with Crippen LogP contribution in [-0.4, -0.2) is 73.2 Å². The first-order valence-corrected chi connectivity index (χ1v) is 8.12. The molecule has 7 heteroatoms. The lowest BCUT2D eigenvalue weighted by atomic mass is 10.2. The third-order valence-corrected chi connectivity index (χ3v) is 4.34. The van der Waals surface area contributed by atoms with Crippen molar-refractivity contribution < 1.29 is 9.53 Å². The van der Waals surface area contributed by atoms with E-state index >= 15 is 0 Å². The number of aromatic nitrogens is 1. The minimum atomic E-state index is -0.302. The molecule has 1 aliphatic rings. The van der Waals surface area contributed by atoms with E-state index in [4.69, 9.17) is 10.5 Å². The van der Waals surface area contributed by atoms with Crippen LogP contribution in [0.3, 0.4) is 0 Å². The molecule has 0 saturated carbocycles. The van der Waals surface area contributed by atoms with Gasteiger partial charge in [-0.05, 0) is 14.0 Å². The molecule has 21 heavy (non-hydrogen) atoms. The van der Waals surface area contributed by atoms with E-state index in [1.807, 2.05) is 18.9 Å². The van der Waals surface area contributed by atoms with Gasteiger partial charge in [0.2, 0.25) is 5.91 Å². The molecule has 6 nitrogen and oxygen atoms in total. The molecule has 1 aliphatic heterocycles. The Hall–Kier alpha value is -1.02. The highest BCUT2D eigenvalue weighted by molar-refractivity contribution is 7.09. The maximum Gasteiger partial charge on any atom is 0.231 e. The second-order valence-electron chi connectivity index (χ2n) is 5.56. The second-order valence-corrected chi connectivity index (χ2v) is 6.63. The van der Waals surface area contributed by atoms with Crippen LogP contribution in [0.2, 0.25) is 0 Å². The van der Waals surface area contributed by atoms with E-state index in [1.54, 1.807) is 11.3 Å². The molecule has 1 aromatic rings. The highest BCUT2D eigenvalue weighted by Gasteiger charge is 2.22. The number of morpholine rings is 1. The van der Waals surface area contributed by atoms with Crippen molar-refractivity contribution in [2.75, 3.05) is 46.4 Å². The molecule has 1 fully saturated rings. The van der Waals surface area contributed by atoms with Gasteiger partial charge in [0.15, 0.2) is 0 Å². The monoisotopic (exact) mass is 312 g/mol. The first-order valence-electron chi connectivity index (χ1n) is 7.24. The number of likely N-dealkylation sites (N-methyl/N-ethyl adjacent to an activating group) is 1. The number of carbonyl (C=O) groups is 1. The van der Waals surface area contributed by atoms with E-state index < -0.39 is 0 Å². The summed E-state index contributed by atoms with van der Waals surface area (Å²) >= 11 is 1.70. The number of amides is 1. The Bertz CT molecular complexity index is 466. The molecule has 1 aromatic heterocycles. The normalized spacial score (nSPS) is 20.0. The number of aryl methyl sites for hydroxylation is 1. The summed E-state index contributed by atoms with van der Waals surface area (Å²) in [5.41, 5.74) is 6.37. The summed E-state index contributed by atoms with van der Waals surface area (Å²) in [6.07, 6.45) is 1.12. The summed E-state index contributed by atoms with van der Waals surface area (Å²) in [4.78, 5) is 19.7. The lowest BCUT2D eigenvalue weighted by Gasteiger charge is -2.34. The first-order chi connectivity index (χ1) is 10.0. The van der Waals surface area contributed by atoms with Gasteiger partial charge < -0.3 is 10.5 Å². The van der Waals surface area contributed by atoms with Crippen LogP contribution in [0.4, 0.5) is 0 Å². The standard InChI is InChI=1S/C14H24N4O2S/c1-11-16-12(10-21-11)3-4-18-5-6-20-13(8-18)7-17(2)9-14(15)19/h10,13H,3-9H2,1-2H3,(H2,15,19). The number of thiazole rings is 1. The van der Waals surface area contributed by atoms with Gasteiger partial charge in [0.25, 0.3) is 0 Å². The molecule has 2 heterocycles. The molecule has 0 radical (unpaired) electrons. The van der Waals surface area contributed by atoms with Gasteiger partial charge in [-0.1, -0.05) is 0 Å². The Morgan fingerprint density at radius 1 is 1.67 bits per heavy atom. The fourth-order valence-electron chi connectivity index (χ4n) is 2.57. The van der Waals surface area contributed by atoms with Crippen LogP contribution in [0.1, 0.15) is 10.7 Å². The summed E-state index contributed by atoms with van der Waals surface area (Å²) in [7, 11) is 1.89. The van der Waals surface area contributed by atoms with E-state index in [0.717, 1.165) is 44.2 Å². The summed E-state index contributed by atoms with van der Waals surface area (Å²) in [6, 6.07) is 0. The van der Waals surface area contributed by atoms with Gasteiger partial charge in [0.05, 0.1) is 30.0 Å². The average molecular weight is 312 g/mol. The Kier molecular flexibility index (Phi) is 6.10. The van der Waals surface area contributed by atoms with Crippen LogP contribution in [0.25, 0.3) is 0 Å². The molecular weight excluding hydrogens is 288 g/mol. The van der Waals surface area contributed by atoms with Crippen LogP contribution in [0.5, 0.6) is 0 Å². The fraction of sp³-hybridized carbons (Fsp3) is 0.714. The van der Waals surface area contributed by atoms with Crippen molar-refractivity contribution in [3.63, 3.8) is 0 Å². The second kappa shape index (κ2) is 7.84. The summed E-state index contributed by atoms with van der Waals surface area (Å²) in [5.74, 6) is -0.302. The summed E-state index contributed by atoms with van der Waals surface area (Å²) < 4.78 is 5.77. The van der Waals surface area contributed by atoms with Crippen molar-refractivity contribution in [2.24, 2.45) is 5.73 Å². The van der Waals surface area contributed by atoms with Crippen LogP contribution in [0.15, 0.2) is 5.38 Å². The smallest absolute Gasteiger partial charge is 0.231 e. The van der Waals surface area contributed by atoms with Gasteiger partial charge in [-0.25, -0.2) is 4.98 Å². The molecule has 0 aromatic carbocycles. The van der Waals surface area contributed by atoms with Gasteiger partial charge >= 0.3 is 0 Å². The SMILES string of the molecule is Cc1nc(CCN2CCOC(CN(C)CC(N)=O)C2)cs1. The van der Waals surface area contributed by atoms with Crippen molar-refractivity contribution >= 4 is 17.2 Å². The predicted molar refractivity (Wildman–Crippen MR) is 83.4 cm³/mol. The van der Waals surface area contributed by atoms with Crippen LogP contribution in [0, 0.1) is 6.92 Å². The van der Waals surface area contributed by atoms with E-state index in [0.29, 0.717) is 0 Å². The van der Waals surface area contributed by atoms with E-state index in [2.05, 4.69) is 15.3 Å². The van der Waals surface area contributed by atoms with E-state index in [-0.39, 0.29) is 18.6 Å². The van der Waals surface area contributed by atoms with Gasteiger partial charge in [0, 0.05) is 38.0 Å². The molecule has 1 unspecified atom stereocenters. The van der Waals surface area contributed by atoms with Crippen LogP contribution >= 0.6 is 11.3 Å². The van der Waals surface area contributed by atoms with E-state index in [1.165, 1.54) is 5.69 Å². The van der Waals surface area contributed by atoms with Crippen molar-refractivity contribution in [2.45, 2.75) is 19.4 Å².